The molecular weight excluding hydrogens is 581 g/mol. The van der Waals surface area contributed by atoms with Crippen molar-refractivity contribution in [1.29, 1.82) is 0 Å². The summed E-state index contributed by atoms with van der Waals surface area (Å²) in [7, 11) is 0. The van der Waals surface area contributed by atoms with Crippen LogP contribution in [0.3, 0.4) is 0 Å². The Kier molecular flexibility index (Phi) is 13.9. The van der Waals surface area contributed by atoms with Gasteiger partial charge < -0.3 is 5.11 Å². The maximum absolute atomic E-state index is 10.1. The van der Waals surface area contributed by atoms with E-state index in [9.17, 15) is 5.11 Å². The maximum Gasteiger partial charge on any atom is 0.0568 e. The number of unbranched alkanes of at least 4 members (excludes halogenated alkanes) is 4. The molecule has 1 aromatic carbocycles. The third-order valence-corrected chi connectivity index (χ3v) is 13.3. The van der Waals surface area contributed by atoms with Crippen LogP contribution in [0.5, 0.6) is 0 Å². The minimum absolute atomic E-state index is 0.153. The first-order valence-corrected chi connectivity index (χ1v) is 20.5. The van der Waals surface area contributed by atoms with E-state index in [0.717, 1.165) is 24.2 Å². The van der Waals surface area contributed by atoms with Gasteiger partial charge in [0.25, 0.3) is 0 Å². The summed E-state index contributed by atoms with van der Waals surface area (Å²) in [6, 6.07) is 7.19. The summed E-state index contributed by atoms with van der Waals surface area (Å²) in [5.74, 6) is 4.95. The SMILES string of the molecule is C=C(C1C[C@@H](C2=CC=C(c3ccc(CCC)c(C)c3)C2)CC1C(C)C)[C@@H](CCCCCCCC1CC1(C)C(C)O)C[C@H](C)CC(C)(C)C. The van der Waals surface area contributed by atoms with Gasteiger partial charge in [-0.2, -0.15) is 0 Å². The molecule has 1 heteroatoms. The Bertz CT molecular complexity index is 1250. The highest BCUT2D eigenvalue weighted by atomic mass is 16.3. The van der Waals surface area contributed by atoms with E-state index in [0.29, 0.717) is 29.1 Å². The van der Waals surface area contributed by atoms with E-state index in [1.807, 2.05) is 6.92 Å². The number of hydrogen-bond donors (Lipinski definition) is 1. The van der Waals surface area contributed by atoms with Gasteiger partial charge in [0.15, 0.2) is 0 Å². The predicted octanol–water partition coefficient (Wildman–Crippen LogP) is 13.7. The van der Waals surface area contributed by atoms with Gasteiger partial charge in [-0.1, -0.05) is 142 Å². The molecule has 4 rings (SSSR count). The molecule has 270 valence electrons. The second kappa shape index (κ2) is 17.1. The Morgan fingerprint density at radius 1 is 1.00 bits per heavy atom. The highest BCUT2D eigenvalue weighted by Crippen LogP contribution is 2.57. The minimum atomic E-state index is -0.153. The molecule has 3 aliphatic rings. The van der Waals surface area contributed by atoms with Crippen molar-refractivity contribution in [1.82, 2.24) is 0 Å². The minimum Gasteiger partial charge on any atom is -0.393 e. The van der Waals surface area contributed by atoms with Crippen molar-refractivity contribution >= 4 is 5.57 Å². The van der Waals surface area contributed by atoms with Crippen LogP contribution in [0.1, 0.15) is 169 Å². The third kappa shape index (κ3) is 10.5. The first-order chi connectivity index (χ1) is 22.6. The number of aliphatic hydroxyl groups is 1. The molecule has 0 aliphatic heterocycles. The van der Waals surface area contributed by atoms with Crippen molar-refractivity contribution < 1.29 is 5.11 Å². The quantitative estimate of drug-likeness (QED) is 0.116. The Morgan fingerprint density at radius 2 is 1.71 bits per heavy atom. The van der Waals surface area contributed by atoms with Gasteiger partial charge in [0.2, 0.25) is 0 Å². The fourth-order valence-corrected chi connectivity index (χ4v) is 10.1. The molecule has 2 saturated carbocycles. The van der Waals surface area contributed by atoms with Crippen LogP contribution in [-0.4, -0.2) is 11.2 Å². The average Bonchev–Trinajstić information content (AvgIpc) is 3.34. The molecule has 48 heavy (non-hydrogen) atoms. The van der Waals surface area contributed by atoms with E-state index < -0.39 is 0 Å². The maximum atomic E-state index is 10.1. The molecule has 5 unspecified atom stereocenters. The van der Waals surface area contributed by atoms with Crippen molar-refractivity contribution in [2.45, 2.75) is 172 Å². The summed E-state index contributed by atoms with van der Waals surface area (Å²) >= 11 is 0. The van der Waals surface area contributed by atoms with E-state index >= 15 is 0 Å². The first kappa shape index (κ1) is 39.2. The third-order valence-electron chi connectivity index (χ3n) is 13.3. The van der Waals surface area contributed by atoms with Crippen LogP contribution < -0.4 is 0 Å². The van der Waals surface area contributed by atoms with Gasteiger partial charge in [-0.25, -0.2) is 0 Å². The summed E-state index contributed by atoms with van der Waals surface area (Å²) < 4.78 is 0. The molecule has 0 amide bonds. The number of rotatable bonds is 19. The molecule has 1 aromatic rings. The van der Waals surface area contributed by atoms with E-state index in [2.05, 4.69) is 92.7 Å². The fraction of sp³-hybridized carbons (Fsp3) is 0.745. The summed E-state index contributed by atoms with van der Waals surface area (Å²) in [5, 5.41) is 10.1. The van der Waals surface area contributed by atoms with Crippen molar-refractivity contribution in [2.75, 3.05) is 0 Å². The molecule has 1 nitrogen and oxygen atoms in total. The van der Waals surface area contributed by atoms with Gasteiger partial charge in [0.05, 0.1) is 6.10 Å². The van der Waals surface area contributed by atoms with Gasteiger partial charge in [-0.15, -0.1) is 0 Å². The van der Waals surface area contributed by atoms with Gasteiger partial charge >= 0.3 is 0 Å². The molecule has 0 aromatic heterocycles. The lowest BCUT2D eigenvalue weighted by Gasteiger charge is -2.33. The average molecular weight is 657 g/mol. The predicted molar refractivity (Wildman–Crippen MR) is 211 cm³/mol. The van der Waals surface area contributed by atoms with Gasteiger partial charge in [-0.3, -0.25) is 0 Å². The Labute approximate surface area is 298 Å². The van der Waals surface area contributed by atoms with Crippen molar-refractivity contribution in [2.24, 2.45) is 52.3 Å². The van der Waals surface area contributed by atoms with Crippen LogP contribution in [-0.2, 0) is 6.42 Å². The zero-order chi connectivity index (χ0) is 35.2. The van der Waals surface area contributed by atoms with Crippen molar-refractivity contribution in [3.63, 3.8) is 0 Å². The van der Waals surface area contributed by atoms with E-state index in [1.54, 1.807) is 11.1 Å². The lowest BCUT2D eigenvalue weighted by molar-refractivity contribution is 0.110. The first-order valence-electron chi connectivity index (χ1n) is 20.5. The second-order valence-electron chi connectivity index (χ2n) is 19.0. The van der Waals surface area contributed by atoms with Crippen LogP contribution in [0.4, 0.5) is 0 Å². The summed E-state index contributed by atoms with van der Waals surface area (Å²) in [4.78, 5) is 0. The molecule has 2 fully saturated rings. The zero-order valence-electron chi connectivity index (χ0n) is 33.3. The standard InChI is InChI=1S/C47H76O/c1-12-18-37-21-22-39(26-34(37)5)40-23-24-41(27-40)42-28-44(32(2)3)45(29-42)35(6)38(25-33(4)30-46(8,9)10)19-16-14-13-15-17-20-43-31-47(43,11)36(7)48/h21-24,26,32-33,36,38,42-45,48H,6,12-20,25,27-31H2,1-5,7-11H3/t33-,36?,38-,42-,43?,44?,45?,47?/m0/s1. The van der Waals surface area contributed by atoms with Crippen LogP contribution in [0.25, 0.3) is 5.57 Å². The molecule has 1 N–H and O–H groups in total. The topological polar surface area (TPSA) is 20.2 Å². The fourth-order valence-electron chi connectivity index (χ4n) is 10.1. The van der Waals surface area contributed by atoms with Crippen molar-refractivity contribution in [3.05, 3.63) is 64.8 Å². The summed E-state index contributed by atoms with van der Waals surface area (Å²) in [6.07, 6.45) is 24.2. The number of benzene rings is 1. The zero-order valence-corrected chi connectivity index (χ0v) is 33.3. The molecular formula is C47H76O. The van der Waals surface area contributed by atoms with Gasteiger partial charge in [0.1, 0.15) is 0 Å². The van der Waals surface area contributed by atoms with Crippen LogP contribution in [0.15, 0.2) is 48.1 Å². The Hall–Kier alpha value is -1.60. The van der Waals surface area contributed by atoms with Crippen molar-refractivity contribution in [3.8, 4) is 0 Å². The summed E-state index contributed by atoms with van der Waals surface area (Å²) in [5.41, 5.74) is 9.77. The van der Waals surface area contributed by atoms with Crippen LogP contribution in [0.2, 0.25) is 0 Å². The highest BCUT2D eigenvalue weighted by Gasteiger charge is 2.52. The van der Waals surface area contributed by atoms with Crippen LogP contribution in [0, 0.1) is 59.2 Å². The lowest BCUT2D eigenvalue weighted by Crippen LogP contribution is -2.22. The number of aryl methyl sites for hydroxylation is 2. The monoisotopic (exact) mass is 657 g/mol. The highest BCUT2D eigenvalue weighted by molar-refractivity contribution is 5.73. The summed E-state index contributed by atoms with van der Waals surface area (Å²) in [6.45, 7) is 28.5. The van der Waals surface area contributed by atoms with E-state index in [1.165, 1.54) is 112 Å². The number of hydrogen-bond acceptors (Lipinski definition) is 1. The molecule has 8 atom stereocenters. The molecule has 3 aliphatic carbocycles. The Morgan fingerprint density at radius 3 is 2.33 bits per heavy atom. The van der Waals surface area contributed by atoms with Gasteiger partial charge in [-0.05, 0) is 146 Å². The molecule has 0 bridgehead atoms. The van der Waals surface area contributed by atoms with E-state index in [-0.39, 0.29) is 11.5 Å². The molecule has 0 radical (unpaired) electrons. The molecule has 0 heterocycles. The lowest BCUT2D eigenvalue weighted by atomic mass is 9.72. The van der Waals surface area contributed by atoms with E-state index in [4.69, 9.17) is 6.58 Å². The molecule has 0 saturated heterocycles. The van der Waals surface area contributed by atoms with Gasteiger partial charge in [0, 0.05) is 0 Å². The number of allylic oxidation sites excluding steroid dienone is 5. The smallest absolute Gasteiger partial charge is 0.0568 e. The second-order valence-corrected chi connectivity index (χ2v) is 19.0. The van der Waals surface area contributed by atoms with Crippen LogP contribution >= 0.6 is 0 Å². The largest absolute Gasteiger partial charge is 0.393 e. The number of aliphatic hydroxyl groups excluding tert-OH is 1. The normalized spacial score (nSPS) is 27.6. The molecule has 0 spiro atoms. The Balaban J connectivity index is 1.34.